The molecule has 0 aromatic heterocycles. The molecule has 1 aromatic rings. The van der Waals surface area contributed by atoms with Gasteiger partial charge in [-0.3, -0.25) is 4.79 Å². The summed E-state index contributed by atoms with van der Waals surface area (Å²) in [6.07, 6.45) is 0. The number of methoxy groups -OCH3 is 1. The lowest BCUT2D eigenvalue weighted by Crippen LogP contribution is -2.40. The SMILES string of the molecule is CNCC(C(=O)N(C)c1ccccc1OC)C(C)C. The molecule has 106 valence electrons. The first kappa shape index (κ1) is 15.5. The molecule has 4 heteroatoms. The number of para-hydroxylation sites is 2. The largest absolute Gasteiger partial charge is 0.495 e. The minimum atomic E-state index is -0.0417. The third kappa shape index (κ3) is 3.70. The van der Waals surface area contributed by atoms with Crippen LogP contribution in [-0.2, 0) is 4.79 Å². The standard InChI is InChI=1S/C15H24N2O2/c1-11(2)12(10-16-3)15(18)17(4)13-8-6-7-9-14(13)19-5/h6-9,11-12,16H,10H2,1-5H3. The quantitative estimate of drug-likeness (QED) is 0.856. The molecule has 0 fully saturated rings. The van der Waals surface area contributed by atoms with Gasteiger partial charge in [-0.2, -0.15) is 0 Å². The van der Waals surface area contributed by atoms with Gasteiger partial charge in [0, 0.05) is 13.6 Å². The molecule has 0 aliphatic carbocycles. The molecule has 1 atom stereocenters. The van der Waals surface area contributed by atoms with Crippen LogP contribution in [0.1, 0.15) is 13.8 Å². The number of hydrogen-bond acceptors (Lipinski definition) is 3. The fourth-order valence-electron chi connectivity index (χ4n) is 2.10. The monoisotopic (exact) mass is 264 g/mol. The molecule has 0 heterocycles. The van der Waals surface area contributed by atoms with Crippen molar-refractivity contribution < 1.29 is 9.53 Å². The third-order valence-corrected chi connectivity index (χ3v) is 3.32. The van der Waals surface area contributed by atoms with E-state index in [1.165, 1.54) is 0 Å². The molecular formula is C15H24N2O2. The van der Waals surface area contributed by atoms with E-state index in [-0.39, 0.29) is 17.7 Å². The number of ether oxygens (including phenoxy) is 1. The first-order valence-electron chi connectivity index (χ1n) is 6.58. The van der Waals surface area contributed by atoms with Crippen molar-refractivity contribution >= 4 is 11.6 Å². The smallest absolute Gasteiger partial charge is 0.231 e. The first-order valence-corrected chi connectivity index (χ1v) is 6.58. The van der Waals surface area contributed by atoms with Gasteiger partial charge >= 0.3 is 0 Å². The van der Waals surface area contributed by atoms with Crippen LogP contribution in [0.25, 0.3) is 0 Å². The van der Waals surface area contributed by atoms with Gasteiger partial charge < -0.3 is 15.0 Å². The second-order valence-corrected chi connectivity index (χ2v) is 4.98. The van der Waals surface area contributed by atoms with Gasteiger partial charge in [0.05, 0.1) is 18.7 Å². The van der Waals surface area contributed by atoms with E-state index >= 15 is 0 Å². The Morgan fingerprint density at radius 1 is 1.37 bits per heavy atom. The maximum Gasteiger partial charge on any atom is 0.231 e. The Hall–Kier alpha value is -1.55. The summed E-state index contributed by atoms with van der Waals surface area (Å²) in [6.45, 7) is 4.81. The number of anilines is 1. The topological polar surface area (TPSA) is 41.6 Å². The lowest BCUT2D eigenvalue weighted by Gasteiger charge is -2.27. The Bertz CT molecular complexity index is 418. The molecule has 0 aliphatic rings. The van der Waals surface area contributed by atoms with E-state index < -0.39 is 0 Å². The molecule has 1 N–H and O–H groups in total. The predicted molar refractivity (Wildman–Crippen MR) is 78.7 cm³/mol. The van der Waals surface area contributed by atoms with Gasteiger partial charge in [-0.1, -0.05) is 26.0 Å². The van der Waals surface area contributed by atoms with Gasteiger partial charge in [0.15, 0.2) is 0 Å². The highest BCUT2D eigenvalue weighted by atomic mass is 16.5. The summed E-state index contributed by atoms with van der Waals surface area (Å²) in [4.78, 5) is 14.3. The highest BCUT2D eigenvalue weighted by molar-refractivity contribution is 5.96. The fourth-order valence-corrected chi connectivity index (χ4v) is 2.10. The predicted octanol–water partition coefficient (Wildman–Crippen LogP) is 2.15. The maximum absolute atomic E-state index is 12.6. The number of hydrogen-bond donors (Lipinski definition) is 1. The fraction of sp³-hybridized carbons (Fsp3) is 0.533. The molecule has 0 saturated carbocycles. The van der Waals surface area contributed by atoms with E-state index in [9.17, 15) is 4.79 Å². The molecule has 0 spiro atoms. The van der Waals surface area contributed by atoms with Gasteiger partial charge in [0.25, 0.3) is 0 Å². The number of carbonyl (C=O) groups is 1. The molecule has 4 nitrogen and oxygen atoms in total. The second kappa shape index (κ2) is 7.14. The van der Waals surface area contributed by atoms with E-state index in [0.29, 0.717) is 12.3 Å². The van der Waals surface area contributed by atoms with E-state index in [0.717, 1.165) is 5.69 Å². The van der Waals surface area contributed by atoms with Gasteiger partial charge in [-0.25, -0.2) is 0 Å². The lowest BCUT2D eigenvalue weighted by molar-refractivity contribution is -0.123. The molecule has 0 radical (unpaired) electrons. The van der Waals surface area contributed by atoms with Crippen molar-refractivity contribution in [3.63, 3.8) is 0 Å². The van der Waals surface area contributed by atoms with Crippen LogP contribution in [0.2, 0.25) is 0 Å². The Balaban J connectivity index is 2.97. The molecule has 1 aromatic carbocycles. The summed E-state index contributed by atoms with van der Waals surface area (Å²) in [5.74, 6) is 1.07. The van der Waals surface area contributed by atoms with Crippen molar-refractivity contribution in [3.8, 4) is 5.75 Å². The average Bonchev–Trinajstić information content (AvgIpc) is 2.42. The van der Waals surface area contributed by atoms with E-state index in [1.54, 1.807) is 19.1 Å². The highest BCUT2D eigenvalue weighted by Gasteiger charge is 2.26. The van der Waals surface area contributed by atoms with Crippen LogP contribution < -0.4 is 15.0 Å². The number of benzene rings is 1. The van der Waals surface area contributed by atoms with Crippen LogP contribution in [0, 0.1) is 11.8 Å². The minimum Gasteiger partial charge on any atom is -0.495 e. The van der Waals surface area contributed by atoms with Crippen molar-refractivity contribution in [1.29, 1.82) is 0 Å². The summed E-state index contributed by atoms with van der Waals surface area (Å²) < 4.78 is 5.31. The Kier molecular flexibility index (Phi) is 5.83. The van der Waals surface area contributed by atoms with Crippen molar-refractivity contribution in [3.05, 3.63) is 24.3 Å². The number of nitrogens with zero attached hydrogens (tertiary/aromatic N) is 1. The van der Waals surface area contributed by atoms with Gasteiger partial charge in [0.2, 0.25) is 5.91 Å². The van der Waals surface area contributed by atoms with Crippen LogP contribution in [0.5, 0.6) is 5.75 Å². The summed E-state index contributed by atoms with van der Waals surface area (Å²) >= 11 is 0. The molecule has 1 rings (SSSR count). The van der Waals surface area contributed by atoms with Crippen LogP contribution >= 0.6 is 0 Å². The molecule has 19 heavy (non-hydrogen) atoms. The van der Waals surface area contributed by atoms with Crippen molar-refractivity contribution in [1.82, 2.24) is 5.32 Å². The summed E-state index contributed by atoms with van der Waals surface area (Å²) in [6, 6.07) is 7.56. The zero-order valence-electron chi connectivity index (χ0n) is 12.4. The minimum absolute atomic E-state index is 0.0417. The lowest BCUT2D eigenvalue weighted by atomic mass is 9.94. The first-order chi connectivity index (χ1) is 9.02. The number of rotatable bonds is 6. The van der Waals surface area contributed by atoms with Crippen molar-refractivity contribution in [2.75, 3.05) is 32.6 Å². The van der Waals surface area contributed by atoms with Crippen LogP contribution in [-0.4, -0.2) is 33.7 Å². The average molecular weight is 264 g/mol. The number of amides is 1. The van der Waals surface area contributed by atoms with Gasteiger partial charge in [-0.05, 0) is 25.1 Å². The summed E-state index contributed by atoms with van der Waals surface area (Å²) in [5.41, 5.74) is 0.803. The molecule has 0 aliphatic heterocycles. The zero-order chi connectivity index (χ0) is 14.4. The highest BCUT2D eigenvalue weighted by Crippen LogP contribution is 2.28. The Morgan fingerprint density at radius 3 is 2.53 bits per heavy atom. The second-order valence-electron chi connectivity index (χ2n) is 4.98. The number of nitrogens with one attached hydrogen (secondary N) is 1. The van der Waals surface area contributed by atoms with Gasteiger partial charge in [-0.15, -0.1) is 0 Å². The normalized spacial score (nSPS) is 12.3. The molecule has 0 saturated heterocycles. The molecule has 1 amide bonds. The molecule has 1 unspecified atom stereocenters. The third-order valence-electron chi connectivity index (χ3n) is 3.32. The van der Waals surface area contributed by atoms with E-state index in [4.69, 9.17) is 4.74 Å². The maximum atomic E-state index is 12.6. The van der Waals surface area contributed by atoms with E-state index in [1.807, 2.05) is 31.3 Å². The summed E-state index contributed by atoms with van der Waals surface area (Å²) in [5, 5.41) is 3.09. The number of carbonyl (C=O) groups excluding carboxylic acids is 1. The Morgan fingerprint density at radius 2 is 2.00 bits per heavy atom. The molecule has 0 bridgehead atoms. The van der Waals surface area contributed by atoms with E-state index in [2.05, 4.69) is 19.2 Å². The Labute approximate surface area is 115 Å². The van der Waals surface area contributed by atoms with Gasteiger partial charge in [0.1, 0.15) is 5.75 Å². The summed E-state index contributed by atoms with van der Waals surface area (Å²) in [7, 11) is 5.28. The molecular weight excluding hydrogens is 240 g/mol. The van der Waals surface area contributed by atoms with Crippen molar-refractivity contribution in [2.24, 2.45) is 11.8 Å². The van der Waals surface area contributed by atoms with Crippen LogP contribution in [0.3, 0.4) is 0 Å². The van der Waals surface area contributed by atoms with Crippen molar-refractivity contribution in [2.45, 2.75) is 13.8 Å². The zero-order valence-corrected chi connectivity index (χ0v) is 12.4. The van der Waals surface area contributed by atoms with Crippen LogP contribution in [0.15, 0.2) is 24.3 Å². The van der Waals surface area contributed by atoms with Crippen LogP contribution in [0.4, 0.5) is 5.69 Å².